The Morgan fingerprint density at radius 1 is 1.35 bits per heavy atom. The highest BCUT2D eigenvalue weighted by atomic mass is 16.5. The lowest BCUT2D eigenvalue weighted by Crippen LogP contribution is -2.32. The highest BCUT2D eigenvalue weighted by Crippen LogP contribution is 2.17. The summed E-state index contributed by atoms with van der Waals surface area (Å²) in [7, 11) is 1.66. The van der Waals surface area contributed by atoms with E-state index in [-0.39, 0.29) is 12.0 Å². The number of carbonyl (C=O) groups excluding carboxylic acids is 1. The van der Waals surface area contributed by atoms with E-state index in [1.54, 1.807) is 19.4 Å². The lowest BCUT2D eigenvalue weighted by Gasteiger charge is -2.11. The zero-order valence-electron chi connectivity index (χ0n) is 14.9. The normalized spacial score (nSPS) is 16.3. The minimum absolute atomic E-state index is 0.110. The summed E-state index contributed by atoms with van der Waals surface area (Å²) in [4.78, 5) is 20.7. The van der Waals surface area contributed by atoms with E-state index in [9.17, 15) is 4.79 Å². The number of hydrogen-bond acceptors (Lipinski definition) is 6. The number of aromatic nitrogens is 2. The fourth-order valence-corrected chi connectivity index (χ4v) is 2.89. The SMILES string of the molecule is COc1ccccc1CCNc1nccc(C(=O)NCC2CCCO2)n1. The molecule has 1 unspecified atom stereocenters. The minimum Gasteiger partial charge on any atom is -0.496 e. The average Bonchev–Trinajstić information content (AvgIpc) is 3.20. The Bertz CT molecular complexity index is 732. The van der Waals surface area contributed by atoms with Crippen LogP contribution in [0.1, 0.15) is 28.9 Å². The van der Waals surface area contributed by atoms with Crippen molar-refractivity contribution in [3.63, 3.8) is 0 Å². The number of ether oxygens (including phenoxy) is 2. The monoisotopic (exact) mass is 356 g/mol. The Morgan fingerprint density at radius 3 is 3.04 bits per heavy atom. The van der Waals surface area contributed by atoms with Gasteiger partial charge in [-0.2, -0.15) is 0 Å². The predicted molar refractivity (Wildman–Crippen MR) is 98.5 cm³/mol. The van der Waals surface area contributed by atoms with Gasteiger partial charge in [0.15, 0.2) is 0 Å². The topological polar surface area (TPSA) is 85.4 Å². The van der Waals surface area contributed by atoms with Gasteiger partial charge in [0, 0.05) is 25.9 Å². The van der Waals surface area contributed by atoms with E-state index in [1.165, 1.54) is 0 Å². The number of para-hydroxylation sites is 1. The quantitative estimate of drug-likeness (QED) is 0.753. The molecule has 2 N–H and O–H groups in total. The van der Waals surface area contributed by atoms with Crippen LogP contribution < -0.4 is 15.4 Å². The van der Waals surface area contributed by atoms with E-state index >= 15 is 0 Å². The maximum atomic E-state index is 12.2. The summed E-state index contributed by atoms with van der Waals surface area (Å²) in [6.07, 6.45) is 4.50. The van der Waals surface area contributed by atoms with Gasteiger partial charge < -0.3 is 20.1 Å². The highest BCUT2D eigenvalue weighted by molar-refractivity contribution is 5.92. The molecule has 1 saturated heterocycles. The van der Waals surface area contributed by atoms with Crippen molar-refractivity contribution in [2.45, 2.75) is 25.4 Å². The van der Waals surface area contributed by atoms with E-state index in [4.69, 9.17) is 9.47 Å². The second kappa shape index (κ2) is 9.15. The molecule has 0 spiro atoms. The Morgan fingerprint density at radius 2 is 2.23 bits per heavy atom. The maximum Gasteiger partial charge on any atom is 0.270 e. The smallest absolute Gasteiger partial charge is 0.270 e. The Balaban J connectivity index is 1.51. The Labute approximate surface area is 153 Å². The Hall–Kier alpha value is -2.67. The second-order valence-corrected chi connectivity index (χ2v) is 6.10. The molecule has 1 fully saturated rings. The third-order valence-electron chi connectivity index (χ3n) is 4.27. The van der Waals surface area contributed by atoms with Crippen LogP contribution in [-0.4, -0.2) is 48.8 Å². The van der Waals surface area contributed by atoms with Crippen molar-refractivity contribution in [1.82, 2.24) is 15.3 Å². The van der Waals surface area contributed by atoms with E-state index in [1.807, 2.05) is 24.3 Å². The van der Waals surface area contributed by atoms with Gasteiger partial charge in [-0.3, -0.25) is 4.79 Å². The predicted octanol–water partition coefficient (Wildman–Crippen LogP) is 2.05. The van der Waals surface area contributed by atoms with Crippen molar-refractivity contribution in [2.24, 2.45) is 0 Å². The summed E-state index contributed by atoms with van der Waals surface area (Å²) < 4.78 is 10.9. The number of nitrogens with one attached hydrogen (secondary N) is 2. The molecule has 1 aliphatic heterocycles. The molecule has 138 valence electrons. The zero-order chi connectivity index (χ0) is 18.2. The second-order valence-electron chi connectivity index (χ2n) is 6.10. The maximum absolute atomic E-state index is 12.2. The molecule has 1 atom stereocenters. The van der Waals surface area contributed by atoms with Crippen molar-refractivity contribution in [1.29, 1.82) is 0 Å². The van der Waals surface area contributed by atoms with Crippen molar-refractivity contribution in [3.05, 3.63) is 47.8 Å². The van der Waals surface area contributed by atoms with Crippen LogP contribution in [0.4, 0.5) is 5.95 Å². The van der Waals surface area contributed by atoms with Gasteiger partial charge in [0.2, 0.25) is 5.95 Å². The van der Waals surface area contributed by atoms with Gasteiger partial charge in [-0.1, -0.05) is 18.2 Å². The van der Waals surface area contributed by atoms with Crippen molar-refractivity contribution >= 4 is 11.9 Å². The lowest BCUT2D eigenvalue weighted by molar-refractivity contribution is 0.0853. The standard InChI is InChI=1S/C19H24N4O3/c1-25-17-7-3-2-5-14(17)8-10-20-19-21-11-9-16(23-19)18(24)22-13-15-6-4-12-26-15/h2-3,5,7,9,11,15H,4,6,8,10,12-13H2,1H3,(H,22,24)(H,20,21,23). The summed E-state index contributed by atoms with van der Waals surface area (Å²) in [6, 6.07) is 9.49. The molecule has 0 saturated carbocycles. The van der Waals surface area contributed by atoms with Gasteiger partial charge in [0.1, 0.15) is 11.4 Å². The molecule has 1 aromatic carbocycles. The van der Waals surface area contributed by atoms with E-state index in [0.29, 0.717) is 24.7 Å². The molecule has 1 amide bonds. The number of methoxy groups -OCH3 is 1. The number of carbonyl (C=O) groups is 1. The minimum atomic E-state index is -0.212. The van der Waals surface area contributed by atoms with Crippen LogP contribution in [0.5, 0.6) is 5.75 Å². The molecule has 26 heavy (non-hydrogen) atoms. The van der Waals surface area contributed by atoms with Crippen LogP contribution in [0.2, 0.25) is 0 Å². The summed E-state index contributed by atoms with van der Waals surface area (Å²) in [5.41, 5.74) is 1.45. The molecule has 1 aliphatic rings. The number of benzene rings is 1. The van der Waals surface area contributed by atoms with Gasteiger partial charge in [0.05, 0.1) is 13.2 Å². The van der Waals surface area contributed by atoms with Crippen molar-refractivity contribution < 1.29 is 14.3 Å². The third kappa shape index (κ3) is 4.92. The third-order valence-corrected chi connectivity index (χ3v) is 4.27. The fraction of sp³-hybridized carbons (Fsp3) is 0.421. The summed E-state index contributed by atoms with van der Waals surface area (Å²) in [5, 5.41) is 6.02. The summed E-state index contributed by atoms with van der Waals surface area (Å²) in [5.74, 6) is 1.08. The van der Waals surface area contributed by atoms with E-state index in [2.05, 4.69) is 20.6 Å². The van der Waals surface area contributed by atoms with Crippen molar-refractivity contribution in [2.75, 3.05) is 32.1 Å². The molecule has 3 rings (SSSR count). The van der Waals surface area contributed by atoms with Gasteiger partial charge >= 0.3 is 0 Å². The van der Waals surface area contributed by atoms with Gasteiger partial charge in [-0.05, 0) is 37.0 Å². The highest BCUT2D eigenvalue weighted by Gasteiger charge is 2.17. The van der Waals surface area contributed by atoms with Gasteiger partial charge in [0.25, 0.3) is 5.91 Å². The number of amides is 1. The van der Waals surface area contributed by atoms with E-state index < -0.39 is 0 Å². The molecular formula is C19H24N4O3. The van der Waals surface area contributed by atoms with Crippen LogP contribution in [0.25, 0.3) is 0 Å². The molecule has 0 radical (unpaired) electrons. The van der Waals surface area contributed by atoms with E-state index in [0.717, 1.165) is 37.2 Å². The largest absolute Gasteiger partial charge is 0.496 e. The first-order valence-electron chi connectivity index (χ1n) is 8.85. The zero-order valence-corrected chi connectivity index (χ0v) is 14.9. The molecule has 2 aromatic rings. The molecule has 1 aromatic heterocycles. The first-order chi connectivity index (χ1) is 12.8. The van der Waals surface area contributed by atoms with Crippen LogP contribution in [0, 0.1) is 0 Å². The molecule has 0 bridgehead atoms. The molecule has 7 heteroatoms. The summed E-state index contributed by atoms with van der Waals surface area (Å²) >= 11 is 0. The van der Waals surface area contributed by atoms with Crippen LogP contribution in [-0.2, 0) is 11.2 Å². The van der Waals surface area contributed by atoms with Gasteiger partial charge in [-0.15, -0.1) is 0 Å². The summed E-state index contributed by atoms with van der Waals surface area (Å²) in [6.45, 7) is 1.93. The number of rotatable bonds is 8. The Kier molecular flexibility index (Phi) is 6.38. The average molecular weight is 356 g/mol. The molecule has 2 heterocycles. The first kappa shape index (κ1) is 18.1. The first-order valence-corrected chi connectivity index (χ1v) is 8.85. The molecule has 7 nitrogen and oxygen atoms in total. The number of hydrogen-bond donors (Lipinski definition) is 2. The van der Waals surface area contributed by atoms with Crippen LogP contribution in [0.15, 0.2) is 36.5 Å². The van der Waals surface area contributed by atoms with Crippen LogP contribution in [0.3, 0.4) is 0 Å². The van der Waals surface area contributed by atoms with Crippen LogP contribution >= 0.6 is 0 Å². The fourth-order valence-electron chi connectivity index (χ4n) is 2.89. The number of nitrogens with zero attached hydrogens (tertiary/aromatic N) is 2. The molecular weight excluding hydrogens is 332 g/mol. The number of anilines is 1. The molecule has 0 aliphatic carbocycles. The lowest BCUT2D eigenvalue weighted by atomic mass is 10.1. The van der Waals surface area contributed by atoms with Gasteiger partial charge in [-0.25, -0.2) is 9.97 Å². The van der Waals surface area contributed by atoms with Crippen molar-refractivity contribution in [3.8, 4) is 5.75 Å².